The standard InChI is InChI=1S/C18H24N4S/c1-2-6-15-13-22(12-11-19-15)18-9-10-20-17(21-18)14-23-16-7-4-3-5-8-16/h3-5,7-10,15,19H,2,6,11-14H2,1H3. The molecule has 2 aromatic rings. The summed E-state index contributed by atoms with van der Waals surface area (Å²) in [5.41, 5.74) is 0. The molecule has 1 fully saturated rings. The van der Waals surface area contributed by atoms with Gasteiger partial charge in [0.1, 0.15) is 11.6 Å². The molecular weight excluding hydrogens is 304 g/mol. The van der Waals surface area contributed by atoms with Crippen LogP contribution in [-0.2, 0) is 5.75 Å². The van der Waals surface area contributed by atoms with Gasteiger partial charge < -0.3 is 10.2 Å². The largest absolute Gasteiger partial charge is 0.354 e. The monoisotopic (exact) mass is 328 g/mol. The van der Waals surface area contributed by atoms with Crippen molar-refractivity contribution in [1.82, 2.24) is 15.3 Å². The zero-order valence-corrected chi connectivity index (χ0v) is 14.4. The van der Waals surface area contributed by atoms with Crippen LogP contribution >= 0.6 is 11.8 Å². The Balaban J connectivity index is 1.62. The van der Waals surface area contributed by atoms with E-state index in [1.165, 1.54) is 17.7 Å². The fourth-order valence-corrected chi connectivity index (χ4v) is 3.66. The van der Waals surface area contributed by atoms with Crippen molar-refractivity contribution in [2.45, 2.75) is 36.5 Å². The van der Waals surface area contributed by atoms with Crippen LogP contribution in [0.2, 0.25) is 0 Å². The number of rotatable bonds is 6. The van der Waals surface area contributed by atoms with E-state index in [-0.39, 0.29) is 0 Å². The van der Waals surface area contributed by atoms with Crippen LogP contribution in [0.5, 0.6) is 0 Å². The second-order valence-electron chi connectivity index (χ2n) is 5.82. The van der Waals surface area contributed by atoms with E-state index in [0.29, 0.717) is 6.04 Å². The summed E-state index contributed by atoms with van der Waals surface area (Å²) in [5.74, 6) is 2.77. The fourth-order valence-electron chi connectivity index (χ4n) is 2.87. The minimum atomic E-state index is 0.575. The number of piperazine rings is 1. The molecule has 122 valence electrons. The van der Waals surface area contributed by atoms with Crippen molar-refractivity contribution in [3.05, 3.63) is 48.4 Å². The third-order valence-electron chi connectivity index (χ3n) is 4.02. The summed E-state index contributed by atoms with van der Waals surface area (Å²) in [6.07, 6.45) is 4.33. The topological polar surface area (TPSA) is 41.1 Å². The van der Waals surface area contributed by atoms with Gasteiger partial charge in [-0.3, -0.25) is 0 Å². The van der Waals surface area contributed by atoms with E-state index < -0.39 is 0 Å². The number of thioether (sulfide) groups is 1. The molecule has 1 atom stereocenters. The molecule has 1 aromatic carbocycles. The van der Waals surface area contributed by atoms with Crippen molar-refractivity contribution < 1.29 is 0 Å². The first-order valence-electron chi connectivity index (χ1n) is 8.33. The smallest absolute Gasteiger partial charge is 0.140 e. The highest BCUT2D eigenvalue weighted by Gasteiger charge is 2.19. The molecule has 1 N–H and O–H groups in total. The molecule has 1 aliphatic rings. The van der Waals surface area contributed by atoms with Crippen LogP contribution < -0.4 is 10.2 Å². The third-order valence-corrected chi connectivity index (χ3v) is 5.03. The maximum absolute atomic E-state index is 4.77. The lowest BCUT2D eigenvalue weighted by atomic mass is 10.1. The molecule has 23 heavy (non-hydrogen) atoms. The predicted octanol–water partition coefficient (Wildman–Crippen LogP) is 3.35. The van der Waals surface area contributed by atoms with Crippen molar-refractivity contribution in [2.75, 3.05) is 24.5 Å². The summed E-state index contributed by atoms with van der Waals surface area (Å²) < 4.78 is 0. The lowest BCUT2D eigenvalue weighted by Gasteiger charge is -2.34. The van der Waals surface area contributed by atoms with Crippen molar-refractivity contribution in [3.8, 4) is 0 Å². The molecule has 4 nitrogen and oxygen atoms in total. The highest BCUT2D eigenvalue weighted by molar-refractivity contribution is 7.98. The van der Waals surface area contributed by atoms with Crippen LogP contribution in [0.3, 0.4) is 0 Å². The Kier molecular flexibility index (Phi) is 5.88. The van der Waals surface area contributed by atoms with E-state index in [2.05, 4.69) is 46.4 Å². The Morgan fingerprint density at radius 3 is 2.96 bits per heavy atom. The molecule has 0 saturated carbocycles. The van der Waals surface area contributed by atoms with Crippen LogP contribution in [0, 0.1) is 0 Å². The molecule has 1 saturated heterocycles. The van der Waals surface area contributed by atoms with Crippen LogP contribution in [0.1, 0.15) is 25.6 Å². The normalized spacial score (nSPS) is 18.1. The fraction of sp³-hybridized carbons (Fsp3) is 0.444. The Morgan fingerprint density at radius 2 is 2.13 bits per heavy atom. The average molecular weight is 328 g/mol. The van der Waals surface area contributed by atoms with Crippen LogP contribution in [0.15, 0.2) is 47.5 Å². The van der Waals surface area contributed by atoms with Gasteiger partial charge in [0, 0.05) is 36.8 Å². The molecule has 2 heterocycles. The first-order chi connectivity index (χ1) is 11.3. The Hall–Kier alpha value is -1.59. The van der Waals surface area contributed by atoms with Gasteiger partial charge in [0.25, 0.3) is 0 Å². The van der Waals surface area contributed by atoms with Gasteiger partial charge in [-0.2, -0.15) is 0 Å². The summed E-state index contributed by atoms with van der Waals surface area (Å²) in [4.78, 5) is 12.8. The summed E-state index contributed by atoms with van der Waals surface area (Å²) in [5, 5.41) is 3.59. The van der Waals surface area contributed by atoms with Crippen molar-refractivity contribution >= 4 is 17.6 Å². The predicted molar refractivity (Wildman–Crippen MR) is 96.9 cm³/mol. The zero-order chi connectivity index (χ0) is 15.9. The highest BCUT2D eigenvalue weighted by atomic mass is 32.2. The minimum Gasteiger partial charge on any atom is -0.354 e. The van der Waals surface area contributed by atoms with Gasteiger partial charge in [0.2, 0.25) is 0 Å². The van der Waals surface area contributed by atoms with Crippen LogP contribution in [0.4, 0.5) is 5.82 Å². The van der Waals surface area contributed by atoms with Crippen LogP contribution in [0.25, 0.3) is 0 Å². The van der Waals surface area contributed by atoms with Crippen molar-refractivity contribution in [3.63, 3.8) is 0 Å². The summed E-state index contributed by atoms with van der Waals surface area (Å²) in [7, 11) is 0. The van der Waals surface area contributed by atoms with Gasteiger partial charge in [0.05, 0.1) is 5.75 Å². The highest BCUT2D eigenvalue weighted by Crippen LogP contribution is 2.22. The summed E-state index contributed by atoms with van der Waals surface area (Å²) in [6.45, 7) is 5.33. The lowest BCUT2D eigenvalue weighted by Crippen LogP contribution is -2.51. The molecule has 0 radical (unpaired) electrons. The van der Waals surface area contributed by atoms with Gasteiger partial charge in [0.15, 0.2) is 0 Å². The van der Waals surface area contributed by atoms with E-state index in [0.717, 1.165) is 37.0 Å². The van der Waals surface area contributed by atoms with E-state index in [1.807, 2.05) is 18.3 Å². The molecule has 5 heteroatoms. The number of benzene rings is 1. The van der Waals surface area contributed by atoms with E-state index in [1.54, 1.807) is 11.8 Å². The SMILES string of the molecule is CCCC1CN(c2ccnc(CSc3ccccc3)n2)CCN1. The Labute approximate surface area is 142 Å². The minimum absolute atomic E-state index is 0.575. The number of hydrogen-bond acceptors (Lipinski definition) is 5. The lowest BCUT2D eigenvalue weighted by molar-refractivity contribution is 0.429. The van der Waals surface area contributed by atoms with Crippen molar-refractivity contribution in [1.29, 1.82) is 0 Å². The molecule has 1 aliphatic heterocycles. The maximum atomic E-state index is 4.77. The second-order valence-corrected chi connectivity index (χ2v) is 6.87. The summed E-state index contributed by atoms with van der Waals surface area (Å²) in [6, 6.07) is 13.0. The number of anilines is 1. The first kappa shape index (κ1) is 16.3. The van der Waals surface area contributed by atoms with E-state index in [4.69, 9.17) is 4.98 Å². The molecule has 1 unspecified atom stereocenters. The van der Waals surface area contributed by atoms with Gasteiger partial charge in [-0.05, 0) is 24.6 Å². The maximum Gasteiger partial charge on any atom is 0.140 e. The van der Waals surface area contributed by atoms with Crippen LogP contribution in [-0.4, -0.2) is 35.6 Å². The Bertz CT molecular complexity index is 603. The molecule has 3 rings (SSSR count). The third kappa shape index (κ3) is 4.69. The summed E-state index contributed by atoms with van der Waals surface area (Å²) >= 11 is 1.78. The number of nitrogens with zero attached hydrogens (tertiary/aromatic N) is 3. The molecule has 0 spiro atoms. The number of nitrogens with one attached hydrogen (secondary N) is 1. The van der Waals surface area contributed by atoms with E-state index >= 15 is 0 Å². The van der Waals surface area contributed by atoms with Gasteiger partial charge in [-0.25, -0.2) is 9.97 Å². The van der Waals surface area contributed by atoms with Gasteiger partial charge in [-0.15, -0.1) is 11.8 Å². The number of hydrogen-bond donors (Lipinski definition) is 1. The van der Waals surface area contributed by atoms with Gasteiger partial charge in [-0.1, -0.05) is 31.5 Å². The molecule has 0 aliphatic carbocycles. The Morgan fingerprint density at radius 1 is 1.26 bits per heavy atom. The molecule has 1 aromatic heterocycles. The number of aromatic nitrogens is 2. The molecular formula is C18H24N4S. The second kappa shape index (κ2) is 8.31. The van der Waals surface area contributed by atoms with Crippen molar-refractivity contribution in [2.24, 2.45) is 0 Å². The first-order valence-corrected chi connectivity index (χ1v) is 9.32. The molecule has 0 bridgehead atoms. The zero-order valence-electron chi connectivity index (χ0n) is 13.6. The molecule has 0 amide bonds. The van der Waals surface area contributed by atoms with Gasteiger partial charge >= 0.3 is 0 Å². The van der Waals surface area contributed by atoms with E-state index in [9.17, 15) is 0 Å². The quantitative estimate of drug-likeness (QED) is 0.824. The average Bonchev–Trinajstić information content (AvgIpc) is 2.62.